The van der Waals surface area contributed by atoms with E-state index in [1.807, 2.05) is 133 Å². The van der Waals surface area contributed by atoms with Crippen molar-refractivity contribution in [1.82, 2.24) is 0 Å². The molecule has 0 unspecified atom stereocenters. The minimum absolute atomic E-state index is 0.0648. The number of aryl methyl sites for hydroxylation is 6. The molecular weight excluding hydrogens is 1130 g/mol. The van der Waals surface area contributed by atoms with Gasteiger partial charge in [0.15, 0.2) is 28.9 Å². The van der Waals surface area contributed by atoms with Crippen molar-refractivity contribution in [2.75, 3.05) is 0 Å². The van der Waals surface area contributed by atoms with E-state index in [0.717, 1.165) is 66.7 Å². The Morgan fingerprint density at radius 3 is 1.27 bits per heavy atom. The van der Waals surface area contributed by atoms with E-state index >= 15 is 0 Å². The first kappa shape index (κ1) is 73.0. The van der Waals surface area contributed by atoms with Gasteiger partial charge in [0.1, 0.15) is 50.4 Å². The number of benzene rings is 6. The predicted molar refractivity (Wildman–Crippen MR) is 329 cm³/mol. The smallest absolute Gasteiger partial charge is 0.169 e. The fraction of sp³-hybridized carbons (Fsp3) is 0.273. The summed E-state index contributed by atoms with van der Waals surface area (Å²) in [7, 11) is 0. The van der Waals surface area contributed by atoms with Crippen molar-refractivity contribution in [3.8, 4) is 0 Å². The number of halogens is 10. The van der Waals surface area contributed by atoms with E-state index in [2.05, 4.69) is 0 Å². The lowest BCUT2D eigenvalue weighted by Gasteiger charge is -1.98. The van der Waals surface area contributed by atoms with Gasteiger partial charge < -0.3 is 26.5 Å². The largest absolute Gasteiger partial charge is 0.464 e. The molecule has 0 amide bonds. The van der Waals surface area contributed by atoms with E-state index in [1.165, 1.54) is 44.1 Å². The monoisotopic (exact) mass is 1200 g/mol. The van der Waals surface area contributed by atoms with Gasteiger partial charge in [-0.2, -0.15) is 0 Å². The SMILES string of the molecule is CC.CC.CC.CC.CC.CC.Cc1c(Cl)ccc2ccoc12.Cc1c(F)c(F)cc2ccoc12.Cc1c(F)cc(F)c2ccoc12.Cc1cc(F)c(F)c2ccoc12.Cc1cc2ccoc2c(Cl)c1F.Cc1ccc(Cl)c2ccoc12. The third-order valence-corrected chi connectivity index (χ3v) is 12.0. The molecule has 0 spiro atoms. The molecule has 0 fully saturated rings. The summed E-state index contributed by atoms with van der Waals surface area (Å²) >= 11 is 17.5. The van der Waals surface area contributed by atoms with Gasteiger partial charge in [-0.15, -0.1) is 0 Å². The number of rotatable bonds is 0. The first-order valence-corrected chi connectivity index (χ1v) is 28.0. The maximum Gasteiger partial charge on any atom is 0.169 e. The Morgan fingerprint density at radius 2 is 0.707 bits per heavy atom. The van der Waals surface area contributed by atoms with Crippen molar-refractivity contribution in [3.63, 3.8) is 0 Å². The second kappa shape index (κ2) is 37.1. The van der Waals surface area contributed by atoms with Gasteiger partial charge in [0.25, 0.3) is 0 Å². The van der Waals surface area contributed by atoms with Crippen molar-refractivity contribution in [2.45, 2.75) is 125 Å². The maximum absolute atomic E-state index is 13.1. The summed E-state index contributed by atoms with van der Waals surface area (Å²) in [5.41, 5.74) is 7.13. The van der Waals surface area contributed by atoms with E-state index in [1.54, 1.807) is 51.5 Å². The lowest BCUT2D eigenvalue weighted by molar-refractivity contribution is 0.501. The normalized spacial score (nSPS) is 9.71. The quantitative estimate of drug-likeness (QED) is 0.141. The highest BCUT2D eigenvalue weighted by Gasteiger charge is 2.14. The van der Waals surface area contributed by atoms with Crippen LogP contribution in [0.2, 0.25) is 15.1 Å². The van der Waals surface area contributed by atoms with E-state index in [4.69, 9.17) is 61.3 Å². The molecule has 0 bridgehead atoms. The predicted octanol–water partition coefficient (Wildman–Crippen LogP) is 25.5. The molecule has 6 heterocycles. The van der Waals surface area contributed by atoms with Crippen LogP contribution in [0.1, 0.15) is 116 Å². The molecule has 12 aromatic rings. The van der Waals surface area contributed by atoms with Crippen LogP contribution in [0.25, 0.3) is 65.8 Å². The topological polar surface area (TPSA) is 78.8 Å². The first-order valence-electron chi connectivity index (χ1n) is 26.9. The Balaban J connectivity index is 0.000000474. The fourth-order valence-electron chi connectivity index (χ4n) is 7.14. The Bertz CT molecular complexity index is 3580. The average molecular weight is 1200 g/mol. The van der Waals surface area contributed by atoms with E-state index in [0.29, 0.717) is 44.2 Å². The van der Waals surface area contributed by atoms with Crippen LogP contribution in [-0.4, -0.2) is 0 Å². The summed E-state index contributed by atoms with van der Waals surface area (Å²) in [5.74, 6) is -4.90. The van der Waals surface area contributed by atoms with E-state index < -0.39 is 40.7 Å². The Kier molecular flexibility index (Phi) is 33.0. The van der Waals surface area contributed by atoms with Gasteiger partial charge in [-0.05, 0) is 131 Å². The lowest BCUT2D eigenvalue weighted by atomic mass is 10.1. The molecule has 6 aromatic carbocycles. The van der Waals surface area contributed by atoms with Gasteiger partial charge in [-0.25, -0.2) is 30.7 Å². The molecule has 0 N–H and O–H groups in total. The minimum atomic E-state index is -0.843. The Hall–Kier alpha value is -7.06. The van der Waals surface area contributed by atoms with Crippen LogP contribution < -0.4 is 0 Å². The summed E-state index contributed by atoms with van der Waals surface area (Å²) in [4.78, 5) is 0. The van der Waals surface area contributed by atoms with Crippen LogP contribution in [-0.2, 0) is 0 Å². The second-order valence-electron chi connectivity index (χ2n) is 15.6. The van der Waals surface area contributed by atoms with E-state index in [9.17, 15) is 30.7 Å². The zero-order valence-corrected chi connectivity index (χ0v) is 52.0. The average Bonchev–Trinajstić information content (AvgIpc) is 4.43. The summed E-state index contributed by atoms with van der Waals surface area (Å²) < 4.78 is 121. The fourth-order valence-corrected chi connectivity index (χ4v) is 7.81. The standard InChI is InChI=1S/C9H6ClFO.2C9H7ClO.3C9H6F2O.6C2H6/c1-5-4-6-2-3-12-9(6)7(10)8(5)11;1-6-8(10)3-2-7-4-5-11-9(6)7;1-6-2-3-8(10)7-4-5-11-9(6)7;1-5-7(10)4-8(11)6-2-3-12-9(5)6;1-5-8(11)7(10)4-6-2-3-12-9(5)6;1-5-4-7(10)8(11)6-2-3-12-9(5)6;6*1-2/h2-4H,1H3;2*2-5H,1H3;3*2-4H,1H3;6*1-2H3. The van der Waals surface area contributed by atoms with Crippen LogP contribution in [0.4, 0.5) is 30.7 Å². The highest BCUT2D eigenvalue weighted by Crippen LogP contribution is 2.31. The van der Waals surface area contributed by atoms with Gasteiger partial charge in [0.2, 0.25) is 0 Å². The van der Waals surface area contributed by atoms with E-state index in [-0.39, 0.29) is 21.6 Å². The molecule has 0 radical (unpaired) electrons. The van der Waals surface area contributed by atoms with Crippen molar-refractivity contribution in [3.05, 3.63) is 212 Å². The number of hydrogen-bond donors (Lipinski definition) is 0. The molecule has 12 rings (SSSR count). The van der Waals surface area contributed by atoms with Crippen LogP contribution >= 0.6 is 34.8 Å². The molecule has 0 aliphatic heterocycles. The van der Waals surface area contributed by atoms with Crippen molar-refractivity contribution in [2.24, 2.45) is 0 Å². The highest BCUT2D eigenvalue weighted by atomic mass is 35.5. The number of hydrogen-bond acceptors (Lipinski definition) is 6. The van der Waals surface area contributed by atoms with Crippen molar-refractivity contribution in [1.29, 1.82) is 0 Å². The minimum Gasteiger partial charge on any atom is -0.464 e. The molecule has 0 aliphatic carbocycles. The Labute approximate surface area is 491 Å². The van der Waals surface area contributed by atoms with Crippen LogP contribution in [0.5, 0.6) is 0 Å². The highest BCUT2D eigenvalue weighted by molar-refractivity contribution is 6.35. The molecular formula is C66H74Cl3F7O6. The number of fused-ring (bicyclic) bond motifs is 6. The zero-order valence-electron chi connectivity index (χ0n) is 49.8. The number of furan rings is 6. The zero-order chi connectivity index (χ0) is 62.6. The molecule has 0 atom stereocenters. The summed E-state index contributed by atoms with van der Waals surface area (Å²) in [5, 5.41) is 5.62. The van der Waals surface area contributed by atoms with Gasteiger partial charge in [0.05, 0.1) is 53.4 Å². The van der Waals surface area contributed by atoms with Gasteiger partial charge >= 0.3 is 0 Å². The summed E-state index contributed by atoms with van der Waals surface area (Å²) in [6, 6.07) is 22.6. The molecule has 0 saturated heterocycles. The van der Waals surface area contributed by atoms with Crippen LogP contribution in [0, 0.1) is 82.3 Å². The Morgan fingerprint density at radius 1 is 0.280 bits per heavy atom. The third-order valence-electron chi connectivity index (χ3n) is 10.9. The van der Waals surface area contributed by atoms with Crippen LogP contribution in [0.3, 0.4) is 0 Å². The third kappa shape index (κ3) is 18.5. The molecule has 6 aromatic heterocycles. The maximum atomic E-state index is 13.1. The van der Waals surface area contributed by atoms with Crippen molar-refractivity contribution < 1.29 is 57.2 Å². The molecule has 6 nitrogen and oxygen atoms in total. The summed E-state index contributed by atoms with van der Waals surface area (Å²) in [6.07, 6.45) is 8.93. The van der Waals surface area contributed by atoms with Crippen LogP contribution in [0.15, 0.2) is 149 Å². The molecule has 0 aliphatic rings. The molecule has 444 valence electrons. The van der Waals surface area contributed by atoms with Gasteiger partial charge in [0, 0.05) is 49.3 Å². The van der Waals surface area contributed by atoms with Gasteiger partial charge in [-0.1, -0.05) is 124 Å². The molecule has 82 heavy (non-hydrogen) atoms. The molecule has 16 heteroatoms. The lowest BCUT2D eigenvalue weighted by Crippen LogP contribution is -1.88. The van der Waals surface area contributed by atoms with Crippen molar-refractivity contribution >= 4 is 101 Å². The first-order chi connectivity index (χ1) is 39.4. The van der Waals surface area contributed by atoms with Gasteiger partial charge in [-0.3, -0.25) is 0 Å². The summed E-state index contributed by atoms with van der Waals surface area (Å²) in [6.45, 7) is 34.4. The second-order valence-corrected chi connectivity index (χ2v) is 16.8. The molecule has 0 saturated carbocycles.